The van der Waals surface area contributed by atoms with Gasteiger partial charge in [0, 0.05) is 12.0 Å². The molecule has 0 bridgehead atoms. The van der Waals surface area contributed by atoms with Crippen molar-refractivity contribution in [1.29, 1.82) is 0 Å². The van der Waals surface area contributed by atoms with Crippen LogP contribution in [0.15, 0.2) is 24.3 Å². The molecular formula is C16H17NO5. The molecule has 3 heterocycles. The van der Waals surface area contributed by atoms with Crippen LogP contribution in [0.3, 0.4) is 0 Å². The average molecular weight is 303 g/mol. The lowest BCUT2D eigenvalue weighted by atomic mass is 10.1. The van der Waals surface area contributed by atoms with Crippen molar-refractivity contribution in [3.8, 4) is 0 Å². The Morgan fingerprint density at radius 1 is 1.14 bits per heavy atom. The van der Waals surface area contributed by atoms with Crippen molar-refractivity contribution in [3.63, 3.8) is 0 Å². The van der Waals surface area contributed by atoms with Crippen molar-refractivity contribution >= 4 is 17.6 Å². The van der Waals surface area contributed by atoms with Crippen LogP contribution in [0, 0.1) is 0 Å². The van der Waals surface area contributed by atoms with Crippen molar-refractivity contribution < 1.29 is 23.8 Å². The molecule has 2 fully saturated rings. The standard InChI is InChI=1S/C16H17NO5/c1-9-10(2)22-16(21-9)11-5-3-4-6-12(11)17(15(16)19)13-7-8-20-14(13)18/h3-6,9-10,13H,7-8H2,1-2H3/t9-,10-,13-/m0/s1. The Labute approximate surface area is 127 Å². The molecule has 3 aliphatic rings. The summed E-state index contributed by atoms with van der Waals surface area (Å²) >= 11 is 0. The van der Waals surface area contributed by atoms with Crippen molar-refractivity contribution in [2.45, 2.75) is 44.3 Å². The van der Waals surface area contributed by atoms with E-state index in [2.05, 4.69) is 0 Å². The summed E-state index contributed by atoms with van der Waals surface area (Å²) in [6, 6.07) is 6.70. The normalized spacial score (nSPS) is 32.6. The van der Waals surface area contributed by atoms with Crippen molar-refractivity contribution in [2.24, 2.45) is 0 Å². The molecule has 0 aromatic heterocycles. The number of nitrogens with zero attached hydrogens (tertiary/aromatic N) is 1. The minimum absolute atomic E-state index is 0.201. The second kappa shape index (κ2) is 4.54. The molecule has 3 atom stereocenters. The molecule has 22 heavy (non-hydrogen) atoms. The van der Waals surface area contributed by atoms with E-state index in [4.69, 9.17) is 14.2 Å². The lowest BCUT2D eigenvalue weighted by molar-refractivity contribution is -0.189. The fourth-order valence-corrected chi connectivity index (χ4v) is 3.35. The summed E-state index contributed by atoms with van der Waals surface area (Å²) in [5, 5.41) is 0. The number of para-hydroxylation sites is 1. The first kappa shape index (κ1) is 13.7. The average Bonchev–Trinajstić information content (AvgIpc) is 3.11. The first-order chi connectivity index (χ1) is 10.5. The van der Waals surface area contributed by atoms with Crippen LogP contribution in [-0.4, -0.2) is 36.7 Å². The Morgan fingerprint density at radius 3 is 2.45 bits per heavy atom. The zero-order chi connectivity index (χ0) is 15.5. The molecule has 2 saturated heterocycles. The van der Waals surface area contributed by atoms with Crippen LogP contribution in [0.1, 0.15) is 25.8 Å². The van der Waals surface area contributed by atoms with Gasteiger partial charge in [-0.25, -0.2) is 4.79 Å². The van der Waals surface area contributed by atoms with Crippen molar-refractivity contribution in [3.05, 3.63) is 29.8 Å². The largest absolute Gasteiger partial charge is 0.464 e. The van der Waals surface area contributed by atoms with E-state index in [1.165, 1.54) is 4.90 Å². The molecule has 1 aromatic carbocycles. The second-order valence-electron chi connectivity index (χ2n) is 5.93. The number of benzene rings is 1. The van der Waals surface area contributed by atoms with E-state index in [0.29, 0.717) is 24.3 Å². The summed E-state index contributed by atoms with van der Waals surface area (Å²) in [5.74, 6) is -2.15. The van der Waals surface area contributed by atoms with Gasteiger partial charge in [0.05, 0.1) is 24.5 Å². The van der Waals surface area contributed by atoms with Gasteiger partial charge in [-0.05, 0) is 19.9 Å². The maximum Gasteiger partial charge on any atom is 0.329 e. The molecule has 4 rings (SSSR count). The van der Waals surface area contributed by atoms with Gasteiger partial charge < -0.3 is 14.2 Å². The van der Waals surface area contributed by atoms with E-state index in [-0.39, 0.29) is 24.1 Å². The van der Waals surface area contributed by atoms with Gasteiger partial charge in [-0.15, -0.1) is 0 Å². The first-order valence-electron chi connectivity index (χ1n) is 7.50. The minimum atomic E-state index is -1.43. The van der Waals surface area contributed by atoms with E-state index in [1.54, 1.807) is 0 Å². The quantitative estimate of drug-likeness (QED) is 0.732. The Morgan fingerprint density at radius 2 is 1.82 bits per heavy atom. The summed E-state index contributed by atoms with van der Waals surface area (Å²) in [7, 11) is 0. The van der Waals surface area contributed by atoms with E-state index in [0.717, 1.165) is 0 Å². The Kier molecular flexibility index (Phi) is 2.83. The zero-order valence-corrected chi connectivity index (χ0v) is 12.4. The van der Waals surface area contributed by atoms with Crippen LogP contribution in [0.25, 0.3) is 0 Å². The summed E-state index contributed by atoms with van der Waals surface area (Å²) in [6.45, 7) is 4.08. The Hall–Kier alpha value is -1.92. The second-order valence-corrected chi connectivity index (χ2v) is 5.93. The molecule has 0 N–H and O–H groups in total. The first-order valence-corrected chi connectivity index (χ1v) is 7.50. The molecule has 6 nitrogen and oxygen atoms in total. The maximum absolute atomic E-state index is 13.1. The lowest BCUT2D eigenvalue weighted by Crippen LogP contribution is -2.47. The number of esters is 1. The van der Waals surface area contributed by atoms with Crippen molar-refractivity contribution in [2.75, 3.05) is 11.5 Å². The highest BCUT2D eigenvalue weighted by Gasteiger charge is 2.61. The fourth-order valence-electron chi connectivity index (χ4n) is 3.35. The molecule has 0 unspecified atom stereocenters. The van der Waals surface area contributed by atoms with Crippen LogP contribution < -0.4 is 4.90 Å². The maximum atomic E-state index is 13.1. The van der Waals surface area contributed by atoms with Gasteiger partial charge in [-0.3, -0.25) is 9.69 Å². The molecule has 3 aliphatic heterocycles. The topological polar surface area (TPSA) is 65.1 Å². The van der Waals surface area contributed by atoms with Gasteiger partial charge in [0.25, 0.3) is 11.7 Å². The van der Waals surface area contributed by atoms with Crippen LogP contribution in [-0.2, 0) is 29.6 Å². The molecule has 116 valence electrons. The monoisotopic (exact) mass is 303 g/mol. The molecule has 1 amide bonds. The third kappa shape index (κ3) is 1.62. The molecule has 6 heteroatoms. The molecule has 1 spiro atoms. The molecule has 0 aliphatic carbocycles. The van der Waals surface area contributed by atoms with Crippen molar-refractivity contribution in [1.82, 2.24) is 0 Å². The zero-order valence-electron chi connectivity index (χ0n) is 12.4. The highest BCUT2D eigenvalue weighted by atomic mass is 16.8. The Balaban J connectivity index is 1.84. The number of hydrogen-bond donors (Lipinski definition) is 0. The number of carbonyl (C=O) groups is 2. The van der Waals surface area contributed by atoms with Gasteiger partial charge in [-0.2, -0.15) is 0 Å². The van der Waals surface area contributed by atoms with E-state index >= 15 is 0 Å². The number of ether oxygens (including phenoxy) is 3. The van der Waals surface area contributed by atoms with Crippen LogP contribution in [0.4, 0.5) is 5.69 Å². The van der Waals surface area contributed by atoms with Gasteiger partial charge >= 0.3 is 5.97 Å². The summed E-state index contributed by atoms with van der Waals surface area (Å²) in [6.07, 6.45) is 0.0834. The smallest absolute Gasteiger partial charge is 0.329 e. The number of fused-ring (bicyclic) bond motifs is 2. The number of hydrogen-bond acceptors (Lipinski definition) is 5. The highest BCUT2D eigenvalue weighted by Crippen LogP contribution is 2.49. The van der Waals surface area contributed by atoms with E-state index in [1.807, 2.05) is 38.1 Å². The van der Waals surface area contributed by atoms with Crippen LogP contribution in [0.2, 0.25) is 0 Å². The van der Waals surface area contributed by atoms with Crippen LogP contribution >= 0.6 is 0 Å². The molecule has 0 radical (unpaired) electrons. The van der Waals surface area contributed by atoms with Gasteiger partial charge in [0.2, 0.25) is 0 Å². The summed E-state index contributed by atoms with van der Waals surface area (Å²) < 4.78 is 16.9. The predicted molar refractivity (Wildman–Crippen MR) is 76.1 cm³/mol. The molecular weight excluding hydrogens is 286 g/mol. The number of cyclic esters (lactones) is 1. The number of carbonyl (C=O) groups excluding carboxylic acids is 2. The fraction of sp³-hybridized carbons (Fsp3) is 0.500. The van der Waals surface area contributed by atoms with E-state index < -0.39 is 11.8 Å². The van der Waals surface area contributed by atoms with Gasteiger partial charge in [-0.1, -0.05) is 18.2 Å². The summed E-state index contributed by atoms with van der Waals surface area (Å²) in [5.41, 5.74) is 1.33. The summed E-state index contributed by atoms with van der Waals surface area (Å²) in [4.78, 5) is 26.5. The lowest BCUT2D eigenvalue weighted by Gasteiger charge is -2.25. The number of amides is 1. The predicted octanol–water partition coefficient (Wildman–Crippen LogP) is 1.33. The molecule has 0 saturated carbocycles. The third-order valence-corrected chi connectivity index (χ3v) is 4.60. The van der Waals surface area contributed by atoms with Gasteiger partial charge in [0.1, 0.15) is 6.04 Å². The third-order valence-electron chi connectivity index (χ3n) is 4.60. The van der Waals surface area contributed by atoms with E-state index in [9.17, 15) is 9.59 Å². The molecule has 1 aromatic rings. The Bertz CT molecular complexity index is 648. The highest BCUT2D eigenvalue weighted by molar-refractivity contribution is 6.10. The number of anilines is 1. The number of rotatable bonds is 1. The van der Waals surface area contributed by atoms with Crippen LogP contribution in [0.5, 0.6) is 0 Å². The van der Waals surface area contributed by atoms with Gasteiger partial charge in [0.15, 0.2) is 0 Å². The SMILES string of the molecule is C[C@@H]1OC2(O[C@H]1C)C(=O)N([C@H]1CCOC1=O)c1ccccc12. The minimum Gasteiger partial charge on any atom is -0.464 e.